The van der Waals surface area contributed by atoms with Gasteiger partial charge in [-0.1, -0.05) is 44.9 Å². The van der Waals surface area contributed by atoms with E-state index in [9.17, 15) is 4.39 Å². The van der Waals surface area contributed by atoms with Gasteiger partial charge in [-0.05, 0) is 6.42 Å². The second kappa shape index (κ2) is 9.49. The predicted octanol–water partition coefficient (Wildman–Crippen LogP) is 3.48. The highest BCUT2D eigenvalue weighted by molar-refractivity contribution is 4.89. The lowest BCUT2D eigenvalue weighted by atomic mass is 10.1. The summed E-state index contributed by atoms with van der Waals surface area (Å²) in [6, 6.07) is 0. The molecule has 0 aromatic heterocycles. The Morgan fingerprint density at radius 1 is 1.00 bits per heavy atom. The second-order valence-corrected chi connectivity index (χ2v) is 2.64. The van der Waals surface area contributed by atoms with Crippen molar-refractivity contribution in [2.45, 2.75) is 44.9 Å². The van der Waals surface area contributed by atoms with Crippen molar-refractivity contribution in [1.29, 1.82) is 0 Å². The zero-order valence-corrected chi connectivity index (χ0v) is 7.03. The second-order valence-electron chi connectivity index (χ2n) is 2.64. The van der Waals surface area contributed by atoms with Gasteiger partial charge in [0, 0.05) is 6.42 Å². The maximum Gasteiger partial charge on any atom is 0.105 e. The van der Waals surface area contributed by atoms with Crippen molar-refractivity contribution in [3.05, 3.63) is 6.92 Å². The minimum Gasteiger partial charge on any atom is -0.144 e. The molecule has 0 aromatic rings. The predicted molar refractivity (Wildman–Crippen MR) is 46.6 cm³/mol. The first kappa shape index (κ1) is 10.5. The highest BCUT2D eigenvalue weighted by Gasteiger charge is 1.87. The minimum absolute atomic E-state index is 0.709. The summed E-state index contributed by atoms with van der Waals surface area (Å²) in [6.45, 7) is 3.76. The third-order valence-electron chi connectivity index (χ3n) is 1.62. The smallest absolute Gasteiger partial charge is 0.105 e. The molecule has 0 rings (SSSR count). The SMILES string of the molecule is [CH2]CCCCCCCC#CF. The first-order valence-corrected chi connectivity index (χ1v) is 4.29. The van der Waals surface area contributed by atoms with Crippen LogP contribution >= 0.6 is 0 Å². The van der Waals surface area contributed by atoms with Crippen LogP contribution < -0.4 is 0 Å². The Hall–Kier alpha value is -0.510. The fourth-order valence-electron chi connectivity index (χ4n) is 0.968. The normalized spacial score (nSPS) is 8.91. The Labute approximate surface area is 69.2 Å². The topological polar surface area (TPSA) is 0 Å². The molecule has 1 heteroatoms. The molecule has 0 N–H and O–H groups in total. The molecule has 63 valence electrons. The molecule has 0 bridgehead atoms. The monoisotopic (exact) mass is 155 g/mol. The van der Waals surface area contributed by atoms with Crippen LogP contribution in [0.3, 0.4) is 0 Å². The van der Waals surface area contributed by atoms with Gasteiger partial charge in [-0.15, -0.1) is 4.39 Å². The van der Waals surface area contributed by atoms with Gasteiger partial charge in [0.25, 0.3) is 0 Å². The first-order chi connectivity index (χ1) is 5.41. The largest absolute Gasteiger partial charge is 0.144 e. The summed E-state index contributed by atoms with van der Waals surface area (Å²) < 4.78 is 11.3. The van der Waals surface area contributed by atoms with Gasteiger partial charge in [-0.25, -0.2) is 0 Å². The maximum atomic E-state index is 11.3. The Kier molecular flexibility index (Phi) is 9.05. The molecule has 0 atom stereocenters. The van der Waals surface area contributed by atoms with Crippen LogP contribution in [0.15, 0.2) is 0 Å². The van der Waals surface area contributed by atoms with Gasteiger partial charge < -0.3 is 0 Å². The molecule has 0 fully saturated rings. The lowest BCUT2D eigenvalue weighted by Gasteiger charge is -1.95. The van der Waals surface area contributed by atoms with Crippen LogP contribution in [0.4, 0.5) is 4.39 Å². The molecule has 0 aromatic carbocycles. The van der Waals surface area contributed by atoms with E-state index >= 15 is 0 Å². The number of halogens is 1. The molecule has 0 heterocycles. The van der Waals surface area contributed by atoms with E-state index in [1.807, 2.05) is 0 Å². The van der Waals surface area contributed by atoms with Crippen molar-refractivity contribution in [1.82, 2.24) is 0 Å². The van der Waals surface area contributed by atoms with Gasteiger partial charge in [0.2, 0.25) is 0 Å². The quantitative estimate of drug-likeness (QED) is 0.407. The first-order valence-electron chi connectivity index (χ1n) is 4.29. The molecule has 0 nitrogen and oxygen atoms in total. The van der Waals surface area contributed by atoms with Gasteiger partial charge in [0.15, 0.2) is 0 Å². The molecule has 0 aliphatic heterocycles. The molecular formula is C10H16F. The van der Waals surface area contributed by atoms with Crippen LogP contribution in [0.2, 0.25) is 0 Å². The van der Waals surface area contributed by atoms with Gasteiger partial charge in [0.1, 0.15) is 6.17 Å². The van der Waals surface area contributed by atoms with E-state index in [-0.39, 0.29) is 0 Å². The standard InChI is InChI=1S/C10H16F/c1-2-3-4-5-6-7-8-9-10-11/h1-8H2. The van der Waals surface area contributed by atoms with Crippen molar-refractivity contribution in [3.63, 3.8) is 0 Å². The van der Waals surface area contributed by atoms with Crippen molar-refractivity contribution in [3.8, 4) is 12.1 Å². The van der Waals surface area contributed by atoms with E-state index in [0.717, 1.165) is 12.8 Å². The molecule has 0 saturated heterocycles. The Bertz CT molecular complexity index is 119. The fourth-order valence-corrected chi connectivity index (χ4v) is 0.968. The Morgan fingerprint density at radius 2 is 1.64 bits per heavy atom. The summed E-state index contributed by atoms with van der Waals surface area (Å²) in [7, 11) is 0. The zero-order valence-electron chi connectivity index (χ0n) is 7.03. The summed E-state index contributed by atoms with van der Waals surface area (Å²) in [5, 5.41) is 0. The highest BCUT2D eigenvalue weighted by atomic mass is 19.1. The van der Waals surface area contributed by atoms with Crippen LogP contribution in [0.5, 0.6) is 0 Å². The van der Waals surface area contributed by atoms with Crippen molar-refractivity contribution in [2.24, 2.45) is 0 Å². The fraction of sp³-hybridized carbons (Fsp3) is 0.700. The van der Waals surface area contributed by atoms with Crippen molar-refractivity contribution in [2.75, 3.05) is 0 Å². The zero-order chi connectivity index (χ0) is 8.36. The third-order valence-corrected chi connectivity index (χ3v) is 1.62. The Morgan fingerprint density at radius 3 is 2.27 bits per heavy atom. The summed E-state index contributed by atoms with van der Waals surface area (Å²) >= 11 is 0. The van der Waals surface area contributed by atoms with E-state index in [1.54, 1.807) is 0 Å². The minimum atomic E-state index is 0.709. The average Bonchev–Trinajstić information content (AvgIpc) is 2.03. The van der Waals surface area contributed by atoms with Gasteiger partial charge >= 0.3 is 0 Å². The third kappa shape index (κ3) is 9.49. The Balaban J connectivity index is 2.83. The highest BCUT2D eigenvalue weighted by Crippen LogP contribution is 2.05. The van der Waals surface area contributed by atoms with Crippen LogP contribution in [-0.4, -0.2) is 0 Å². The lowest BCUT2D eigenvalue weighted by Crippen LogP contribution is -1.77. The summed E-state index contributed by atoms with van der Waals surface area (Å²) in [5.74, 6) is 2.41. The van der Waals surface area contributed by atoms with Crippen LogP contribution in [0.1, 0.15) is 44.9 Å². The van der Waals surface area contributed by atoms with Crippen LogP contribution in [0, 0.1) is 19.0 Å². The number of hydrogen-bond acceptors (Lipinski definition) is 0. The molecule has 11 heavy (non-hydrogen) atoms. The molecule has 1 radical (unpaired) electrons. The molecule has 0 amide bonds. The van der Waals surface area contributed by atoms with Gasteiger partial charge in [0.05, 0.1) is 0 Å². The number of unbranched alkanes of at least 4 members (excludes halogenated alkanes) is 6. The molecule has 0 unspecified atom stereocenters. The summed E-state index contributed by atoms with van der Waals surface area (Å²) in [6.07, 6.45) is 9.08. The molecule has 0 spiro atoms. The van der Waals surface area contributed by atoms with Crippen molar-refractivity contribution < 1.29 is 4.39 Å². The van der Waals surface area contributed by atoms with Crippen molar-refractivity contribution >= 4 is 0 Å². The number of hydrogen-bond donors (Lipinski definition) is 0. The van der Waals surface area contributed by atoms with Crippen LogP contribution in [0.25, 0.3) is 0 Å². The van der Waals surface area contributed by atoms with E-state index in [1.165, 1.54) is 31.9 Å². The van der Waals surface area contributed by atoms with E-state index in [2.05, 4.69) is 12.8 Å². The van der Waals surface area contributed by atoms with E-state index in [0.29, 0.717) is 6.42 Å². The molecule has 0 aliphatic rings. The van der Waals surface area contributed by atoms with Crippen LogP contribution in [-0.2, 0) is 0 Å². The average molecular weight is 155 g/mol. The maximum absolute atomic E-state index is 11.3. The van der Waals surface area contributed by atoms with Gasteiger partial charge in [-0.2, -0.15) is 0 Å². The number of rotatable bonds is 6. The van der Waals surface area contributed by atoms with E-state index < -0.39 is 0 Å². The van der Waals surface area contributed by atoms with Gasteiger partial charge in [-0.3, -0.25) is 0 Å². The molecule has 0 aliphatic carbocycles. The summed E-state index contributed by atoms with van der Waals surface area (Å²) in [4.78, 5) is 0. The lowest BCUT2D eigenvalue weighted by molar-refractivity contribution is 0.623. The molecule has 0 saturated carbocycles. The molecular weight excluding hydrogens is 139 g/mol. The summed E-state index contributed by atoms with van der Waals surface area (Å²) in [5.41, 5.74) is 0. The van der Waals surface area contributed by atoms with E-state index in [4.69, 9.17) is 0 Å².